The topological polar surface area (TPSA) is 58.6 Å². The Morgan fingerprint density at radius 2 is 1.81 bits per heavy atom. The van der Waals surface area contributed by atoms with Crippen LogP contribution in [0.4, 0.5) is 4.39 Å². The molecule has 0 heterocycles. The molecule has 2 rings (SSSR count). The molecule has 4 heteroatoms. The van der Waals surface area contributed by atoms with Gasteiger partial charge in [0, 0.05) is 0 Å². The maximum Gasteiger partial charge on any atom is 0.149 e. The second-order valence-corrected chi connectivity index (χ2v) is 4.28. The number of halogens is 1. The first-order valence-electron chi connectivity index (χ1n) is 5.43. The summed E-state index contributed by atoms with van der Waals surface area (Å²) in [6, 6.07) is 6.28. The average Bonchev–Trinajstić information content (AvgIpc) is 2.79. The van der Waals surface area contributed by atoms with E-state index in [0.29, 0.717) is 0 Å². The van der Waals surface area contributed by atoms with Gasteiger partial charge in [0.1, 0.15) is 11.7 Å². The highest BCUT2D eigenvalue weighted by Gasteiger charge is 2.39. The van der Waals surface area contributed by atoms with E-state index in [-0.39, 0.29) is 11.7 Å². The molecule has 1 aromatic carbocycles. The van der Waals surface area contributed by atoms with Crippen molar-refractivity contribution in [3.05, 3.63) is 35.6 Å². The molecule has 0 bridgehead atoms. The van der Waals surface area contributed by atoms with Crippen LogP contribution in [0.3, 0.4) is 0 Å². The zero-order valence-electron chi connectivity index (χ0n) is 8.99. The van der Waals surface area contributed by atoms with Crippen LogP contribution in [-0.4, -0.2) is 11.0 Å². The number of hydrogen-bond acceptors (Lipinski definition) is 2. The third-order valence-corrected chi connectivity index (χ3v) is 3.45. The smallest absolute Gasteiger partial charge is 0.149 e. The van der Waals surface area contributed by atoms with Crippen molar-refractivity contribution in [3.63, 3.8) is 0 Å². The fourth-order valence-electron chi connectivity index (χ4n) is 2.54. The van der Waals surface area contributed by atoms with E-state index in [9.17, 15) is 4.39 Å². The molecule has 1 aliphatic carbocycles. The lowest BCUT2D eigenvalue weighted by molar-refractivity contribution is 0.311. The lowest BCUT2D eigenvalue weighted by atomic mass is 9.78. The molecule has 0 spiro atoms. The Kier molecular flexibility index (Phi) is 2.81. The third kappa shape index (κ3) is 1.64. The van der Waals surface area contributed by atoms with Gasteiger partial charge in [0.15, 0.2) is 0 Å². The van der Waals surface area contributed by atoms with Crippen molar-refractivity contribution < 1.29 is 9.60 Å². The first-order valence-corrected chi connectivity index (χ1v) is 5.43. The quantitative estimate of drug-likeness (QED) is 0.349. The predicted octanol–water partition coefficient (Wildman–Crippen LogP) is 2.38. The number of hydrogen-bond donors (Lipinski definition) is 2. The minimum absolute atomic E-state index is 0.233. The Hall–Kier alpha value is -1.58. The number of benzene rings is 1. The van der Waals surface area contributed by atoms with Gasteiger partial charge in [-0.05, 0) is 30.5 Å². The van der Waals surface area contributed by atoms with Crippen LogP contribution in [0.25, 0.3) is 0 Å². The summed E-state index contributed by atoms with van der Waals surface area (Å²) in [5.74, 6) is -0.0342. The first-order chi connectivity index (χ1) is 7.69. The highest BCUT2D eigenvalue weighted by atomic mass is 19.1. The largest absolute Gasteiger partial charge is 0.409 e. The fraction of sp³-hybridized carbons (Fsp3) is 0.417. The summed E-state index contributed by atoms with van der Waals surface area (Å²) in [5, 5.41) is 12.0. The molecule has 0 radical (unpaired) electrons. The summed E-state index contributed by atoms with van der Waals surface area (Å²) in [6.07, 6.45) is 3.81. The van der Waals surface area contributed by atoms with E-state index in [1.54, 1.807) is 12.1 Å². The molecule has 1 aromatic rings. The fourth-order valence-corrected chi connectivity index (χ4v) is 2.54. The Bertz CT molecular complexity index is 394. The average molecular weight is 222 g/mol. The predicted molar refractivity (Wildman–Crippen MR) is 60.0 cm³/mol. The van der Waals surface area contributed by atoms with E-state index in [1.807, 2.05) is 0 Å². The Labute approximate surface area is 93.8 Å². The molecular formula is C12H15FN2O. The number of rotatable bonds is 2. The van der Waals surface area contributed by atoms with Crippen LogP contribution in [0, 0.1) is 5.82 Å². The zero-order chi connectivity index (χ0) is 11.6. The van der Waals surface area contributed by atoms with E-state index in [4.69, 9.17) is 10.9 Å². The van der Waals surface area contributed by atoms with E-state index < -0.39 is 5.41 Å². The molecule has 16 heavy (non-hydrogen) atoms. The summed E-state index contributed by atoms with van der Waals surface area (Å²) in [4.78, 5) is 0. The summed E-state index contributed by atoms with van der Waals surface area (Å²) in [7, 11) is 0. The van der Waals surface area contributed by atoms with Gasteiger partial charge in [0.05, 0.1) is 5.41 Å². The van der Waals surface area contributed by atoms with E-state index >= 15 is 0 Å². The van der Waals surface area contributed by atoms with Crippen LogP contribution >= 0.6 is 0 Å². The number of nitrogens with two attached hydrogens (primary N) is 1. The first kappa shape index (κ1) is 10.9. The Morgan fingerprint density at radius 3 is 2.31 bits per heavy atom. The molecule has 0 aliphatic heterocycles. The summed E-state index contributed by atoms with van der Waals surface area (Å²) in [5.41, 5.74) is 6.32. The van der Waals surface area contributed by atoms with Crippen molar-refractivity contribution in [1.29, 1.82) is 0 Å². The van der Waals surface area contributed by atoms with E-state index in [2.05, 4.69) is 5.16 Å². The molecule has 86 valence electrons. The second kappa shape index (κ2) is 4.12. The second-order valence-electron chi connectivity index (χ2n) is 4.28. The molecular weight excluding hydrogens is 207 g/mol. The van der Waals surface area contributed by atoms with Crippen molar-refractivity contribution >= 4 is 5.84 Å². The minimum atomic E-state index is -0.400. The van der Waals surface area contributed by atoms with Crippen molar-refractivity contribution in [2.45, 2.75) is 31.1 Å². The molecule has 0 saturated heterocycles. The van der Waals surface area contributed by atoms with Crippen LogP contribution in [0.15, 0.2) is 29.4 Å². The molecule has 1 fully saturated rings. The highest BCUT2D eigenvalue weighted by molar-refractivity contribution is 5.91. The molecule has 0 amide bonds. The van der Waals surface area contributed by atoms with Crippen molar-refractivity contribution in [3.8, 4) is 0 Å². The molecule has 1 saturated carbocycles. The van der Waals surface area contributed by atoms with Crippen LogP contribution in [-0.2, 0) is 5.41 Å². The summed E-state index contributed by atoms with van der Waals surface area (Å²) >= 11 is 0. The van der Waals surface area contributed by atoms with Gasteiger partial charge >= 0.3 is 0 Å². The summed E-state index contributed by atoms with van der Waals surface area (Å²) < 4.78 is 12.9. The standard InChI is InChI=1S/C12H15FN2O/c13-10-5-3-9(4-6-10)12(11(14)15-16)7-1-2-8-12/h3-6,16H,1-2,7-8H2,(H2,14,15). The van der Waals surface area contributed by atoms with Gasteiger partial charge in [-0.2, -0.15) is 0 Å². The van der Waals surface area contributed by atoms with Crippen LogP contribution in [0.2, 0.25) is 0 Å². The molecule has 1 aliphatic rings. The van der Waals surface area contributed by atoms with Gasteiger partial charge in [-0.1, -0.05) is 30.1 Å². The maximum atomic E-state index is 12.9. The van der Waals surface area contributed by atoms with Gasteiger partial charge < -0.3 is 10.9 Å². The number of oxime groups is 1. The third-order valence-electron chi connectivity index (χ3n) is 3.45. The normalized spacial score (nSPS) is 19.9. The van der Waals surface area contributed by atoms with Gasteiger partial charge in [-0.25, -0.2) is 4.39 Å². The zero-order valence-corrected chi connectivity index (χ0v) is 8.99. The number of amidine groups is 1. The minimum Gasteiger partial charge on any atom is -0.409 e. The van der Waals surface area contributed by atoms with Gasteiger partial charge in [0.2, 0.25) is 0 Å². The van der Waals surface area contributed by atoms with Gasteiger partial charge in [-0.15, -0.1) is 0 Å². The lowest BCUT2D eigenvalue weighted by Gasteiger charge is -2.27. The molecule has 0 aromatic heterocycles. The monoisotopic (exact) mass is 222 g/mol. The maximum absolute atomic E-state index is 12.9. The Morgan fingerprint density at radius 1 is 1.25 bits per heavy atom. The highest BCUT2D eigenvalue weighted by Crippen LogP contribution is 2.41. The molecule has 3 nitrogen and oxygen atoms in total. The summed E-state index contributed by atoms with van der Waals surface area (Å²) in [6.45, 7) is 0. The van der Waals surface area contributed by atoms with Crippen molar-refractivity contribution in [2.75, 3.05) is 0 Å². The van der Waals surface area contributed by atoms with E-state index in [0.717, 1.165) is 31.2 Å². The lowest BCUT2D eigenvalue weighted by Crippen LogP contribution is -2.39. The Balaban J connectivity index is 2.43. The van der Waals surface area contributed by atoms with Crippen LogP contribution in [0.5, 0.6) is 0 Å². The van der Waals surface area contributed by atoms with Crippen molar-refractivity contribution in [1.82, 2.24) is 0 Å². The molecule has 3 N–H and O–H groups in total. The molecule has 0 atom stereocenters. The van der Waals surface area contributed by atoms with Crippen LogP contribution < -0.4 is 5.73 Å². The molecule has 0 unspecified atom stereocenters. The van der Waals surface area contributed by atoms with Gasteiger partial charge in [-0.3, -0.25) is 0 Å². The SMILES string of the molecule is NC(=NO)C1(c2ccc(F)cc2)CCCC1. The van der Waals surface area contributed by atoms with E-state index in [1.165, 1.54) is 12.1 Å². The number of nitrogens with zero attached hydrogens (tertiary/aromatic N) is 1. The van der Waals surface area contributed by atoms with Crippen LogP contribution in [0.1, 0.15) is 31.2 Å². The van der Waals surface area contributed by atoms with Gasteiger partial charge in [0.25, 0.3) is 0 Å². The van der Waals surface area contributed by atoms with Crippen molar-refractivity contribution in [2.24, 2.45) is 10.9 Å².